The van der Waals surface area contributed by atoms with E-state index in [2.05, 4.69) is 6.92 Å². The van der Waals surface area contributed by atoms with Crippen molar-refractivity contribution in [3.05, 3.63) is 24.2 Å². The summed E-state index contributed by atoms with van der Waals surface area (Å²) in [6, 6.07) is 1.92. The molecule has 2 spiro atoms. The van der Waals surface area contributed by atoms with Crippen molar-refractivity contribution in [1.29, 1.82) is 0 Å². The fraction of sp³-hybridized carbons (Fsp3) is 0.750. The lowest BCUT2D eigenvalue weighted by Crippen LogP contribution is -2.75. The zero-order chi connectivity index (χ0) is 16.9. The molecule has 5 aliphatic rings. The van der Waals surface area contributed by atoms with Gasteiger partial charge in [-0.2, -0.15) is 0 Å². The van der Waals surface area contributed by atoms with Gasteiger partial charge in [-0.1, -0.05) is 13.3 Å². The summed E-state index contributed by atoms with van der Waals surface area (Å²) in [4.78, 5) is 13.3. The summed E-state index contributed by atoms with van der Waals surface area (Å²) in [5, 5.41) is 0. The fourth-order valence-electron chi connectivity index (χ4n) is 7.13. The first-order valence-electron chi connectivity index (χ1n) is 9.61. The molecule has 3 saturated heterocycles. The Balaban J connectivity index is 1.46. The fourth-order valence-corrected chi connectivity index (χ4v) is 7.13. The van der Waals surface area contributed by atoms with E-state index < -0.39 is 5.41 Å². The van der Waals surface area contributed by atoms with Crippen LogP contribution in [0.4, 0.5) is 0 Å². The zero-order valence-electron chi connectivity index (χ0n) is 14.5. The molecule has 1 aromatic rings. The molecule has 6 rings (SSSR count). The average molecular weight is 344 g/mol. The number of esters is 1. The number of furan rings is 1. The Labute approximate surface area is 147 Å². The highest BCUT2D eigenvalue weighted by atomic mass is 16.6. The van der Waals surface area contributed by atoms with Gasteiger partial charge in [-0.3, -0.25) is 4.79 Å². The third kappa shape index (κ3) is 1.45. The second-order valence-corrected chi connectivity index (χ2v) is 8.90. The molecule has 0 amide bonds. The van der Waals surface area contributed by atoms with Gasteiger partial charge in [0.15, 0.2) is 0 Å². The Morgan fingerprint density at radius 1 is 1.28 bits per heavy atom. The SMILES string of the molecule is C[C@@H]1C[C@@H]2OC[C@@]34CCC[C@H]([C@@]15C[C@@H](c1ccoc1)OC5=O)[C@@]23CO4. The summed E-state index contributed by atoms with van der Waals surface area (Å²) in [6.07, 6.45) is 8.41. The quantitative estimate of drug-likeness (QED) is 0.732. The van der Waals surface area contributed by atoms with Crippen LogP contribution in [0, 0.1) is 22.7 Å². The van der Waals surface area contributed by atoms with Crippen LogP contribution in [-0.2, 0) is 19.0 Å². The highest BCUT2D eigenvalue weighted by Crippen LogP contribution is 2.74. The first-order chi connectivity index (χ1) is 12.1. The topological polar surface area (TPSA) is 57.9 Å². The van der Waals surface area contributed by atoms with Crippen LogP contribution in [0.25, 0.3) is 0 Å². The number of ether oxygens (including phenoxy) is 3. The van der Waals surface area contributed by atoms with Crippen LogP contribution in [-0.4, -0.2) is 30.9 Å². The lowest BCUT2D eigenvalue weighted by Gasteiger charge is -2.67. The molecule has 3 aliphatic heterocycles. The van der Waals surface area contributed by atoms with Gasteiger partial charge < -0.3 is 18.6 Å². The normalized spacial score (nSPS) is 53.2. The molecule has 0 radical (unpaired) electrons. The van der Waals surface area contributed by atoms with Gasteiger partial charge >= 0.3 is 5.97 Å². The Hall–Kier alpha value is -1.33. The van der Waals surface area contributed by atoms with E-state index >= 15 is 0 Å². The molecular formula is C20H24O5. The van der Waals surface area contributed by atoms with Gasteiger partial charge in [0.25, 0.3) is 0 Å². The van der Waals surface area contributed by atoms with Gasteiger partial charge in [0, 0.05) is 12.0 Å². The molecule has 0 aromatic carbocycles. The molecule has 134 valence electrons. The second-order valence-electron chi connectivity index (χ2n) is 8.90. The van der Waals surface area contributed by atoms with Crippen molar-refractivity contribution in [1.82, 2.24) is 0 Å². The van der Waals surface area contributed by atoms with E-state index in [-0.39, 0.29) is 35.1 Å². The molecular weight excluding hydrogens is 320 g/mol. The van der Waals surface area contributed by atoms with Crippen LogP contribution >= 0.6 is 0 Å². The number of carbonyl (C=O) groups is 1. The maximum atomic E-state index is 13.3. The minimum Gasteiger partial charge on any atom is -0.472 e. The highest BCUT2D eigenvalue weighted by molar-refractivity contribution is 5.81. The number of carbonyl (C=O) groups excluding carboxylic acids is 1. The van der Waals surface area contributed by atoms with Gasteiger partial charge in [-0.15, -0.1) is 0 Å². The van der Waals surface area contributed by atoms with Gasteiger partial charge in [0.2, 0.25) is 0 Å². The van der Waals surface area contributed by atoms with Crippen LogP contribution in [0.15, 0.2) is 23.0 Å². The molecule has 25 heavy (non-hydrogen) atoms. The van der Waals surface area contributed by atoms with Crippen molar-refractivity contribution in [2.45, 2.75) is 56.8 Å². The third-order valence-corrected chi connectivity index (χ3v) is 8.36. The van der Waals surface area contributed by atoms with E-state index in [0.29, 0.717) is 12.5 Å². The molecule has 0 bridgehead atoms. The summed E-state index contributed by atoms with van der Waals surface area (Å²) in [6.45, 7) is 3.68. The second kappa shape index (κ2) is 4.49. The van der Waals surface area contributed by atoms with Crippen molar-refractivity contribution in [2.75, 3.05) is 13.2 Å². The van der Waals surface area contributed by atoms with E-state index in [4.69, 9.17) is 18.6 Å². The Bertz CT molecular complexity index is 728. The molecule has 0 unspecified atom stereocenters. The summed E-state index contributed by atoms with van der Waals surface area (Å²) < 4.78 is 23.6. The molecule has 5 nitrogen and oxygen atoms in total. The minimum absolute atomic E-state index is 0.00127. The average Bonchev–Trinajstić information content (AvgIpc) is 3.26. The zero-order valence-corrected chi connectivity index (χ0v) is 14.5. The van der Waals surface area contributed by atoms with Gasteiger partial charge in [-0.05, 0) is 37.2 Å². The van der Waals surface area contributed by atoms with Crippen LogP contribution in [0.3, 0.4) is 0 Å². The van der Waals surface area contributed by atoms with Crippen LogP contribution in [0.1, 0.15) is 50.7 Å². The van der Waals surface area contributed by atoms with Gasteiger partial charge in [0.05, 0.1) is 42.7 Å². The molecule has 2 aliphatic carbocycles. The summed E-state index contributed by atoms with van der Waals surface area (Å²) in [5.41, 5.74) is 0.470. The predicted molar refractivity (Wildman–Crippen MR) is 86.6 cm³/mol. The van der Waals surface area contributed by atoms with Crippen molar-refractivity contribution >= 4 is 5.97 Å². The number of hydrogen-bond acceptors (Lipinski definition) is 5. The molecule has 7 atom stereocenters. The first-order valence-corrected chi connectivity index (χ1v) is 9.61. The summed E-state index contributed by atoms with van der Waals surface area (Å²) in [7, 11) is 0. The minimum atomic E-state index is -0.401. The van der Waals surface area contributed by atoms with Crippen molar-refractivity contribution in [3.63, 3.8) is 0 Å². The van der Waals surface area contributed by atoms with E-state index in [0.717, 1.165) is 44.3 Å². The Morgan fingerprint density at radius 3 is 2.96 bits per heavy atom. The number of hydrogen-bond donors (Lipinski definition) is 0. The number of cyclic esters (lactones) is 1. The Kier molecular flexibility index (Phi) is 2.66. The first kappa shape index (κ1) is 14.8. The maximum absolute atomic E-state index is 13.3. The number of rotatable bonds is 1. The Morgan fingerprint density at radius 2 is 2.20 bits per heavy atom. The summed E-state index contributed by atoms with van der Waals surface area (Å²) in [5.74, 6) is 0.578. The van der Waals surface area contributed by atoms with Crippen LogP contribution < -0.4 is 0 Å². The largest absolute Gasteiger partial charge is 0.472 e. The van der Waals surface area contributed by atoms with Crippen LogP contribution in [0.5, 0.6) is 0 Å². The molecule has 5 heteroatoms. The molecule has 2 saturated carbocycles. The van der Waals surface area contributed by atoms with Crippen molar-refractivity contribution in [2.24, 2.45) is 22.7 Å². The monoisotopic (exact) mass is 344 g/mol. The van der Waals surface area contributed by atoms with E-state index in [1.807, 2.05) is 6.07 Å². The van der Waals surface area contributed by atoms with Crippen molar-refractivity contribution < 1.29 is 23.4 Å². The number of fused-ring (bicyclic) bond motifs is 1. The smallest absolute Gasteiger partial charge is 0.313 e. The van der Waals surface area contributed by atoms with Gasteiger partial charge in [0.1, 0.15) is 11.7 Å². The lowest BCUT2D eigenvalue weighted by atomic mass is 9.41. The van der Waals surface area contributed by atoms with E-state index in [9.17, 15) is 4.79 Å². The molecule has 4 heterocycles. The maximum Gasteiger partial charge on any atom is 0.313 e. The highest BCUT2D eigenvalue weighted by Gasteiger charge is 2.80. The van der Waals surface area contributed by atoms with Crippen LogP contribution in [0.2, 0.25) is 0 Å². The molecule has 5 fully saturated rings. The van der Waals surface area contributed by atoms with E-state index in [1.165, 1.54) is 0 Å². The predicted octanol–water partition coefficient (Wildman–Crippen LogP) is 3.25. The standard InChI is InChI=1S/C20H24O5/c1-12-7-16-20-11-24-18(20,10-23-16)5-2-3-15(20)19(12)8-14(25-17(19)21)13-4-6-22-9-13/h4,6,9,12,14-16H,2-3,5,7-8,10-11H2,1H3/t12-,14+,15-,16+,18+,19-,20+/m1/s1. The van der Waals surface area contributed by atoms with E-state index in [1.54, 1.807) is 12.5 Å². The molecule has 0 N–H and O–H groups in total. The van der Waals surface area contributed by atoms with Gasteiger partial charge in [-0.25, -0.2) is 0 Å². The molecule has 1 aromatic heterocycles. The van der Waals surface area contributed by atoms with Crippen molar-refractivity contribution in [3.8, 4) is 0 Å². The summed E-state index contributed by atoms with van der Waals surface area (Å²) >= 11 is 0. The third-order valence-electron chi connectivity index (χ3n) is 8.36. The lowest BCUT2D eigenvalue weighted by molar-refractivity contribution is -0.318.